The van der Waals surface area contributed by atoms with Gasteiger partial charge in [-0.05, 0) is 38.1 Å². The summed E-state index contributed by atoms with van der Waals surface area (Å²) < 4.78 is 3.46. The first kappa shape index (κ1) is 22.8. The van der Waals surface area contributed by atoms with Gasteiger partial charge in [0.25, 0.3) is 0 Å². The predicted octanol–water partition coefficient (Wildman–Crippen LogP) is 4.56. The van der Waals surface area contributed by atoms with E-state index in [-0.39, 0.29) is 10.8 Å². The van der Waals surface area contributed by atoms with Gasteiger partial charge >= 0.3 is 0 Å². The summed E-state index contributed by atoms with van der Waals surface area (Å²) in [6, 6.07) is 11.9. The molecule has 4 aromatic heterocycles. The molecule has 0 bridgehead atoms. The molecule has 0 atom stereocenters. The van der Waals surface area contributed by atoms with Crippen LogP contribution in [0, 0.1) is 0 Å². The largest absolute Gasteiger partial charge is 0.233 e. The minimum absolute atomic E-state index is 0.124. The lowest BCUT2D eigenvalue weighted by Gasteiger charge is -2.24. The summed E-state index contributed by atoms with van der Waals surface area (Å²) in [5.41, 5.74) is 1.10. The molecule has 4 aromatic rings. The average molecular weight is 445 g/mol. The van der Waals surface area contributed by atoms with Gasteiger partial charge in [0.2, 0.25) is 0 Å². The van der Waals surface area contributed by atoms with E-state index in [0.29, 0.717) is 0 Å². The zero-order valence-electron chi connectivity index (χ0n) is 20.7. The maximum atomic E-state index is 4.91. The maximum absolute atomic E-state index is 4.91. The maximum Gasteiger partial charge on any atom is 0.156 e. The third-order valence-corrected chi connectivity index (χ3v) is 5.54. The van der Waals surface area contributed by atoms with E-state index in [0.717, 1.165) is 34.7 Å². The second kappa shape index (κ2) is 7.86. The molecule has 0 aliphatic carbocycles. The number of hydrogen-bond acceptors (Lipinski definition) is 6. The monoisotopic (exact) mass is 444 g/mol. The third kappa shape index (κ3) is 4.55. The van der Waals surface area contributed by atoms with Crippen molar-refractivity contribution in [3.8, 4) is 11.6 Å². The molecule has 8 nitrogen and oxygen atoms in total. The SMILES string of the molecule is CC(C)(C)c1ncn(-c2cccc(C(C)(C)c3cccc(-n4cnc(C(C)(C)C)n4)n3)n2)n1. The van der Waals surface area contributed by atoms with Crippen LogP contribution in [-0.4, -0.2) is 39.5 Å². The van der Waals surface area contributed by atoms with Crippen molar-refractivity contribution < 1.29 is 0 Å². The van der Waals surface area contributed by atoms with Gasteiger partial charge in [-0.2, -0.15) is 0 Å². The molecule has 0 aliphatic rings. The molecule has 0 aliphatic heterocycles. The van der Waals surface area contributed by atoms with Gasteiger partial charge in [-0.15, -0.1) is 10.2 Å². The van der Waals surface area contributed by atoms with Gasteiger partial charge in [0, 0.05) is 16.2 Å². The minimum Gasteiger partial charge on any atom is -0.233 e. The Morgan fingerprint density at radius 2 is 0.970 bits per heavy atom. The fourth-order valence-corrected chi connectivity index (χ4v) is 3.36. The molecule has 0 unspecified atom stereocenters. The number of nitrogens with zero attached hydrogens (tertiary/aromatic N) is 8. The first-order chi connectivity index (χ1) is 15.4. The lowest BCUT2D eigenvalue weighted by molar-refractivity contribution is 0.541. The molecule has 0 aromatic carbocycles. The van der Waals surface area contributed by atoms with Crippen LogP contribution in [0.5, 0.6) is 0 Å². The molecule has 4 rings (SSSR count). The summed E-state index contributed by atoms with van der Waals surface area (Å²) in [7, 11) is 0. The van der Waals surface area contributed by atoms with Crippen LogP contribution in [0.3, 0.4) is 0 Å². The minimum atomic E-state index is -0.438. The van der Waals surface area contributed by atoms with E-state index < -0.39 is 5.41 Å². The molecule has 0 saturated carbocycles. The third-order valence-electron chi connectivity index (χ3n) is 5.54. The zero-order chi connectivity index (χ0) is 24.0. The Morgan fingerprint density at radius 3 is 1.30 bits per heavy atom. The van der Waals surface area contributed by atoms with Gasteiger partial charge in [-0.25, -0.2) is 29.3 Å². The van der Waals surface area contributed by atoms with Crippen LogP contribution >= 0.6 is 0 Å². The number of hydrogen-bond donors (Lipinski definition) is 0. The fourth-order valence-electron chi connectivity index (χ4n) is 3.36. The number of pyridine rings is 2. The summed E-state index contributed by atoms with van der Waals surface area (Å²) in [6.07, 6.45) is 3.44. The Kier molecular flexibility index (Phi) is 5.42. The van der Waals surface area contributed by atoms with E-state index in [1.54, 1.807) is 22.0 Å². The first-order valence-electron chi connectivity index (χ1n) is 11.2. The van der Waals surface area contributed by atoms with Crippen LogP contribution in [0.15, 0.2) is 49.1 Å². The first-order valence-corrected chi connectivity index (χ1v) is 11.2. The average Bonchev–Trinajstić information content (AvgIpc) is 3.44. The Morgan fingerprint density at radius 1 is 0.576 bits per heavy atom. The van der Waals surface area contributed by atoms with E-state index in [2.05, 4.69) is 75.6 Å². The molecule has 172 valence electrons. The molecule has 0 amide bonds. The molecule has 0 fully saturated rings. The fraction of sp³-hybridized carbons (Fsp3) is 0.440. The van der Waals surface area contributed by atoms with Crippen molar-refractivity contribution in [1.29, 1.82) is 0 Å². The van der Waals surface area contributed by atoms with Crippen molar-refractivity contribution in [2.75, 3.05) is 0 Å². The Balaban J connectivity index is 1.68. The normalized spacial score (nSPS) is 12.8. The van der Waals surface area contributed by atoms with Crippen LogP contribution in [0.25, 0.3) is 11.6 Å². The Labute approximate surface area is 195 Å². The predicted molar refractivity (Wildman–Crippen MR) is 128 cm³/mol. The number of aromatic nitrogens is 8. The molecule has 0 radical (unpaired) electrons. The van der Waals surface area contributed by atoms with E-state index >= 15 is 0 Å². The highest BCUT2D eigenvalue weighted by atomic mass is 15.4. The molecule has 4 heterocycles. The molecular formula is C25H32N8. The summed E-state index contributed by atoms with van der Waals surface area (Å²) in [4.78, 5) is 18.7. The van der Waals surface area contributed by atoms with Crippen molar-refractivity contribution >= 4 is 0 Å². The Hall–Kier alpha value is -3.42. The highest BCUT2D eigenvalue weighted by Gasteiger charge is 2.28. The smallest absolute Gasteiger partial charge is 0.156 e. The van der Waals surface area contributed by atoms with Crippen molar-refractivity contribution in [3.05, 3.63) is 72.1 Å². The van der Waals surface area contributed by atoms with Crippen LogP contribution in [0.2, 0.25) is 0 Å². The van der Waals surface area contributed by atoms with E-state index in [1.807, 2.05) is 36.4 Å². The summed E-state index contributed by atoms with van der Waals surface area (Å²) in [5, 5.41) is 9.26. The van der Waals surface area contributed by atoms with Crippen LogP contribution in [0.1, 0.15) is 78.4 Å². The van der Waals surface area contributed by atoms with E-state index in [9.17, 15) is 0 Å². The van der Waals surface area contributed by atoms with Crippen molar-refractivity contribution in [3.63, 3.8) is 0 Å². The van der Waals surface area contributed by atoms with E-state index in [4.69, 9.17) is 9.97 Å². The number of rotatable bonds is 4. The molecule has 0 saturated heterocycles. The lowest BCUT2D eigenvalue weighted by atomic mass is 9.84. The van der Waals surface area contributed by atoms with Crippen molar-refractivity contribution in [2.24, 2.45) is 0 Å². The van der Waals surface area contributed by atoms with Crippen LogP contribution < -0.4 is 0 Å². The second-order valence-corrected chi connectivity index (χ2v) is 10.9. The Bertz CT molecular complexity index is 1170. The standard InChI is InChI=1S/C25H32N8/c1-23(2,3)21-26-15-32(30-21)19-13-9-11-17(28-19)25(7,8)18-12-10-14-20(29-18)33-16-27-22(31-33)24(4,5)6/h9-16H,1-8H3. The summed E-state index contributed by atoms with van der Waals surface area (Å²) in [5.74, 6) is 3.02. The second-order valence-electron chi connectivity index (χ2n) is 10.9. The quantitative estimate of drug-likeness (QED) is 0.459. The summed E-state index contributed by atoms with van der Waals surface area (Å²) in [6.45, 7) is 16.8. The van der Waals surface area contributed by atoms with Gasteiger partial charge < -0.3 is 0 Å². The van der Waals surface area contributed by atoms with Crippen molar-refractivity contribution in [1.82, 2.24) is 39.5 Å². The van der Waals surface area contributed by atoms with Gasteiger partial charge in [0.05, 0.1) is 11.4 Å². The van der Waals surface area contributed by atoms with Crippen LogP contribution in [-0.2, 0) is 16.2 Å². The highest BCUT2D eigenvalue weighted by molar-refractivity contribution is 5.35. The lowest BCUT2D eigenvalue weighted by Crippen LogP contribution is -2.23. The molecular weight excluding hydrogens is 412 g/mol. The van der Waals surface area contributed by atoms with Gasteiger partial charge in [-0.1, -0.05) is 53.7 Å². The molecule has 0 N–H and O–H groups in total. The van der Waals surface area contributed by atoms with Gasteiger partial charge in [0.15, 0.2) is 23.3 Å². The van der Waals surface area contributed by atoms with Gasteiger partial charge in [-0.3, -0.25) is 0 Å². The summed E-state index contributed by atoms with van der Waals surface area (Å²) >= 11 is 0. The highest BCUT2D eigenvalue weighted by Crippen LogP contribution is 2.30. The van der Waals surface area contributed by atoms with E-state index in [1.165, 1.54) is 0 Å². The molecule has 0 spiro atoms. The van der Waals surface area contributed by atoms with Crippen LogP contribution in [0.4, 0.5) is 0 Å². The molecule has 33 heavy (non-hydrogen) atoms. The van der Waals surface area contributed by atoms with Gasteiger partial charge in [0.1, 0.15) is 12.7 Å². The molecule has 8 heteroatoms. The van der Waals surface area contributed by atoms with Crippen molar-refractivity contribution in [2.45, 2.75) is 71.6 Å². The zero-order valence-corrected chi connectivity index (χ0v) is 20.7. The topological polar surface area (TPSA) is 87.2 Å².